The third kappa shape index (κ3) is 3.27. The number of aromatic carboxylic acids is 1. The number of halogens is 1. The minimum Gasteiger partial charge on any atom is -0.476 e. The third-order valence-corrected chi connectivity index (χ3v) is 2.54. The van der Waals surface area contributed by atoms with Crippen LogP contribution >= 0.6 is 0 Å². The Bertz CT molecular complexity index is 597. The summed E-state index contributed by atoms with van der Waals surface area (Å²) in [7, 11) is 0. The van der Waals surface area contributed by atoms with Gasteiger partial charge in [0.05, 0.1) is 18.4 Å². The summed E-state index contributed by atoms with van der Waals surface area (Å²) in [6, 6.07) is 4.80. The van der Waals surface area contributed by atoms with Gasteiger partial charge in [0.25, 0.3) is 0 Å². The van der Waals surface area contributed by atoms with Crippen molar-refractivity contribution in [1.82, 2.24) is 15.0 Å². The molecular weight excluding hydrogens is 251 g/mol. The van der Waals surface area contributed by atoms with Crippen molar-refractivity contribution in [3.63, 3.8) is 0 Å². The van der Waals surface area contributed by atoms with Crippen LogP contribution < -0.4 is 5.32 Å². The lowest BCUT2D eigenvalue weighted by atomic mass is 10.2. The Morgan fingerprint density at radius 1 is 1.53 bits per heavy atom. The molecule has 7 heteroatoms. The topological polar surface area (TPSA) is 80.0 Å². The molecule has 2 rings (SSSR count). The van der Waals surface area contributed by atoms with Gasteiger partial charge in [0.1, 0.15) is 5.82 Å². The van der Waals surface area contributed by atoms with Crippen LogP contribution in [0.5, 0.6) is 0 Å². The molecule has 2 aromatic rings. The highest BCUT2D eigenvalue weighted by molar-refractivity contribution is 5.84. The summed E-state index contributed by atoms with van der Waals surface area (Å²) in [5.41, 5.74) is 1.26. The van der Waals surface area contributed by atoms with E-state index in [0.29, 0.717) is 18.8 Å². The van der Waals surface area contributed by atoms with Crippen molar-refractivity contribution in [2.45, 2.75) is 13.5 Å². The number of nitrogens with zero attached hydrogens (tertiary/aromatic N) is 3. The predicted molar refractivity (Wildman–Crippen MR) is 66.6 cm³/mol. The summed E-state index contributed by atoms with van der Waals surface area (Å²) in [4.78, 5) is 10.6. The number of hydrogen-bond donors (Lipinski definition) is 2. The van der Waals surface area contributed by atoms with Crippen LogP contribution in [0.2, 0.25) is 0 Å². The lowest BCUT2D eigenvalue weighted by Gasteiger charge is -2.08. The molecule has 0 amide bonds. The molecule has 19 heavy (non-hydrogen) atoms. The average Bonchev–Trinajstić information content (AvgIpc) is 2.82. The number of aromatic nitrogens is 3. The van der Waals surface area contributed by atoms with Crippen molar-refractivity contribution in [3.8, 4) is 0 Å². The summed E-state index contributed by atoms with van der Waals surface area (Å²) < 4.78 is 14.8. The molecule has 0 unspecified atom stereocenters. The van der Waals surface area contributed by atoms with E-state index in [2.05, 4.69) is 15.6 Å². The molecule has 0 atom stereocenters. The molecule has 0 aliphatic carbocycles. The van der Waals surface area contributed by atoms with E-state index in [1.807, 2.05) is 6.92 Å². The van der Waals surface area contributed by atoms with Crippen LogP contribution in [0.25, 0.3) is 0 Å². The Morgan fingerprint density at radius 3 is 3.00 bits per heavy atom. The number of rotatable bonds is 5. The first-order chi connectivity index (χ1) is 9.06. The molecule has 1 aromatic carbocycles. The summed E-state index contributed by atoms with van der Waals surface area (Å²) in [5, 5.41) is 18.8. The highest BCUT2D eigenvalue weighted by atomic mass is 19.1. The van der Waals surface area contributed by atoms with E-state index in [1.54, 1.807) is 12.1 Å². The fraction of sp³-hybridized carbons (Fsp3) is 0.250. The Kier molecular flexibility index (Phi) is 3.74. The third-order valence-electron chi connectivity index (χ3n) is 2.54. The Morgan fingerprint density at radius 2 is 2.32 bits per heavy atom. The maximum absolute atomic E-state index is 13.4. The molecule has 2 N–H and O–H groups in total. The molecule has 100 valence electrons. The second-order valence-electron chi connectivity index (χ2n) is 4.08. The smallest absolute Gasteiger partial charge is 0.358 e. The van der Waals surface area contributed by atoms with Crippen molar-refractivity contribution in [1.29, 1.82) is 0 Å². The van der Waals surface area contributed by atoms with E-state index >= 15 is 0 Å². The first kappa shape index (κ1) is 13.0. The highest BCUT2D eigenvalue weighted by Crippen LogP contribution is 2.15. The number of carboxylic acids is 1. The number of nitrogens with one attached hydrogen (secondary N) is 1. The van der Waals surface area contributed by atoms with Crippen molar-refractivity contribution < 1.29 is 14.3 Å². The van der Waals surface area contributed by atoms with E-state index in [9.17, 15) is 9.18 Å². The minimum absolute atomic E-state index is 0.110. The van der Waals surface area contributed by atoms with Crippen molar-refractivity contribution in [3.05, 3.63) is 41.5 Å². The lowest BCUT2D eigenvalue weighted by molar-refractivity contribution is 0.0690. The zero-order valence-corrected chi connectivity index (χ0v) is 10.3. The zero-order valence-electron chi connectivity index (χ0n) is 10.3. The minimum atomic E-state index is -1.12. The fourth-order valence-corrected chi connectivity index (χ4v) is 1.59. The summed E-state index contributed by atoms with van der Waals surface area (Å²) in [5.74, 6) is -1.45. The van der Waals surface area contributed by atoms with Crippen molar-refractivity contribution >= 4 is 11.7 Å². The van der Waals surface area contributed by atoms with Gasteiger partial charge < -0.3 is 10.4 Å². The standard InChI is InChI=1S/C12H13FN4O2/c1-8-2-3-9(13)10(6-8)14-4-5-17-7-11(12(18)19)15-16-17/h2-3,6-7,14H,4-5H2,1H3,(H,18,19). The normalized spacial score (nSPS) is 10.4. The van der Waals surface area contributed by atoms with Gasteiger partial charge in [0.2, 0.25) is 0 Å². The molecule has 6 nitrogen and oxygen atoms in total. The van der Waals surface area contributed by atoms with Crippen LogP contribution in [0.4, 0.5) is 10.1 Å². The van der Waals surface area contributed by atoms with E-state index in [-0.39, 0.29) is 11.5 Å². The van der Waals surface area contributed by atoms with Crippen LogP contribution in [0.3, 0.4) is 0 Å². The first-order valence-corrected chi connectivity index (χ1v) is 5.70. The van der Waals surface area contributed by atoms with E-state index in [0.717, 1.165) is 5.56 Å². The molecule has 0 aliphatic rings. The van der Waals surface area contributed by atoms with Crippen LogP contribution in [0.1, 0.15) is 16.1 Å². The molecular formula is C12H13FN4O2. The second kappa shape index (κ2) is 5.47. The number of hydrogen-bond acceptors (Lipinski definition) is 4. The lowest BCUT2D eigenvalue weighted by Crippen LogP contribution is -2.12. The van der Waals surface area contributed by atoms with Gasteiger partial charge in [-0.25, -0.2) is 13.9 Å². The molecule has 0 saturated heterocycles. The molecule has 1 aromatic heterocycles. The van der Waals surface area contributed by atoms with Gasteiger partial charge in [-0.05, 0) is 24.6 Å². The van der Waals surface area contributed by atoms with E-state index < -0.39 is 5.97 Å². The number of carbonyl (C=O) groups is 1. The van der Waals surface area contributed by atoms with Gasteiger partial charge in [-0.3, -0.25) is 0 Å². The summed E-state index contributed by atoms with van der Waals surface area (Å²) in [6.45, 7) is 2.69. The van der Waals surface area contributed by atoms with Crippen molar-refractivity contribution in [2.75, 3.05) is 11.9 Å². The average molecular weight is 264 g/mol. The zero-order chi connectivity index (χ0) is 13.8. The highest BCUT2D eigenvalue weighted by Gasteiger charge is 2.08. The van der Waals surface area contributed by atoms with Gasteiger partial charge in [-0.15, -0.1) is 5.10 Å². The number of anilines is 1. The molecule has 0 fully saturated rings. The van der Waals surface area contributed by atoms with Gasteiger partial charge >= 0.3 is 5.97 Å². The van der Waals surface area contributed by atoms with Gasteiger partial charge in [-0.1, -0.05) is 11.3 Å². The predicted octanol–water partition coefficient (Wildman–Crippen LogP) is 1.54. The monoisotopic (exact) mass is 264 g/mol. The van der Waals surface area contributed by atoms with Crippen LogP contribution in [-0.4, -0.2) is 32.6 Å². The van der Waals surface area contributed by atoms with Gasteiger partial charge in [-0.2, -0.15) is 0 Å². The fourth-order valence-electron chi connectivity index (χ4n) is 1.59. The first-order valence-electron chi connectivity index (χ1n) is 5.70. The molecule has 0 bridgehead atoms. The maximum Gasteiger partial charge on any atom is 0.358 e. The van der Waals surface area contributed by atoms with Gasteiger partial charge in [0, 0.05) is 6.54 Å². The van der Waals surface area contributed by atoms with E-state index in [4.69, 9.17) is 5.11 Å². The SMILES string of the molecule is Cc1ccc(F)c(NCCn2cc(C(=O)O)nn2)c1. The summed E-state index contributed by atoms with van der Waals surface area (Å²) in [6.07, 6.45) is 1.33. The molecule has 0 aliphatic heterocycles. The molecule has 1 heterocycles. The summed E-state index contributed by atoms with van der Waals surface area (Å²) >= 11 is 0. The van der Waals surface area contributed by atoms with Crippen LogP contribution in [-0.2, 0) is 6.54 Å². The largest absolute Gasteiger partial charge is 0.476 e. The van der Waals surface area contributed by atoms with Crippen LogP contribution in [0.15, 0.2) is 24.4 Å². The number of aryl methyl sites for hydroxylation is 1. The molecule has 0 saturated carbocycles. The van der Waals surface area contributed by atoms with Crippen molar-refractivity contribution in [2.24, 2.45) is 0 Å². The Balaban J connectivity index is 1.92. The molecule has 0 spiro atoms. The number of carboxylic acid groups (broad SMARTS) is 1. The quantitative estimate of drug-likeness (QED) is 0.856. The Hall–Kier alpha value is -2.44. The second-order valence-corrected chi connectivity index (χ2v) is 4.08. The Labute approximate surface area is 108 Å². The van der Waals surface area contributed by atoms with Gasteiger partial charge in [0.15, 0.2) is 5.69 Å². The maximum atomic E-state index is 13.4. The number of benzene rings is 1. The molecule has 0 radical (unpaired) electrons. The van der Waals surface area contributed by atoms with E-state index in [1.165, 1.54) is 16.9 Å². The van der Waals surface area contributed by atoms with Crippen LogP contribution in [0, 0.1) is 12.7 Å².